The molecule has 7 heteroatoms. The van der Waals surface area contributed by atoms with Crippen molar-refractivity contribution in [3.8, 4) is 5.75 Å². The Kier molecular flexibility index (Phi) is 4.20. The second-order valence-electron chi connectivity index (χ2n) is 4.44. The molecule has 1 aromatic heterocycles. The number of hydrogen-bond acceptors (Lipinski definition) is 4. The van der Waals surface area contributed by atoms with E-state index in [0.717, 1.165) is 4.70 Å². The van der Waals surface area contributed by atoms with Crippen LogP contribution in [0, 0.1) is 0 Å². The number of ether oxygens (including phenoxy) is 1. The van der Waals surface area contributed by atoms with E-state index in [1.165, 1.54) is 11.3 Å². The van der Waals surface area contributed by atoms with Crippen molar-refractivity contribution in [2.24, 2.45) is 0 Å². The summed E-state index contributed by atoms with van der Waals surface area (Å²) in [6.45, 7) is 0. The molecule has 0 aliphatic heterocycles. The molecule has 2 aromatic carbocycles. The number of thiazole rings is 1. The molecule has 22 heavy (non-hydrogen) atoms. The van der Waals surface area contributed by atoms with Crippen LogP contribution in [0.15, 0.2) is 36.4 Å². The smallest absolute Gasteiger partial charge is 0.257 e. The summed E-state index contributed by atoms with van der Waals surface area (Å²) in [4.78, 5) is 16.5. The molecule has 0 saturated carbocycles. The minimum absolute atomic E-state index is 0.246. The molecule has 1 N–H and O–H groups in total. The van der Waals surface area contributed by atoms with Crippen molar-refractivity contribution < 1.29 is 9.53 Å². The van der Waals surface area contributed by atoms with E-state index in [0.29, 0.717) is 32.0 Å². The van der Waals surface area contributed by atoms with E-state index in [2.05, 4.69) is 10.3 Å². The van der Waals surface area contributed by atoms with Crippen LogP contribution in [0.1, 0.15) is 10.4 Å². The van der Waals surface area contributed by atoms with Gasteiger partial charge in [-0.25, -0.2) is 4.98 Å². The maximum atomic E-state index is 12.2. The largest absolute Gasteiger partial charge is 0.497 e. The highest BCUT2D eigenvalue weighted by molar-refractivity contribution is 7.22. The molecule has 3 aromatic rings. The summed E-state index contributed by atoms with van der Waals surface area (Å²) in [7, 11) is 1.57. The van der Waals surface area contributed by atoms with Crippen LogP contribution in [-0.2, 0) is 0 Å². The topological polar surface area (TPSA) is 51.2 Å². The molecule has 0 atom stereocenters. The summed E-state index contributed by atoms with van der Waals surface area (Å²) in [6.07, 6.45) is 0. The van der Waals surface area contributed by atoms with Gasteiger partial charge >= 0.3 is 0 Å². The van der Waals surface area contributed by atoms with Crippen LogP contribution >= 0.6 is 34.5 Å². The number of methoxy groups -OCH3 is 1. The Bertz CT molecular complexity index is 847. The number of benzene rings is 2. The van der Waals surface area contributed by atoms with E-state index in [4.69, 9.17) is 27.9 Å². The lowest BCUT2D eigenvalue weighted by Gasteiger charge is -2.03. The number of aromatic nitrogens is 1. The number of rotatable bonds is 3. The normalized spacial score (nSPS) is 10.7. The summed E-state index contributed by atoms with van der Waals surface area (Å²) in [5.74, 6) is 0.446. The van der Waals surface area contributed by atoms with Crippen LogP contribution < -0.4 is 10.1 Å². The number of carbonyl (C=O) groups is 1. The van der Waals surface area contributed by atoms with Crippen molar-refractivity contribution in [1.82, 2.24) is 4.98 Å². The summed E-state index contributed by atoms with van der Waals surface area (Å²) in [6, 6.07) is 10.2. The van der Waals surface area contributed by atoms with Gasteiger partial charge < -0.3 is 4.74 Å². The Hall–Kier alpha value is -1.82. The highest BCUT2D eigenvalue weighted by atomic mass is 35.5. The van der Waals surface area contributed by atoms with Gasteiger partial charge in [-0.05, 0) is 36.4 Å². The molecular weight excluding hydrogens is 343 g/mol. The molecule has 1 amide bonds. The maximum absolute atomic E-state index is 12.2. The molecule has 1 heterocycles. The number of fused-ring (bicyclic) bond motifs is 1. The van der Waals surface area contributed by atoms with Gasteiger partial charge in [-0.1, -0.05) is 34.5 Å². The van der Waals surface area contributed by atoms with E-state index < -0.39 is 0 Å². The van der Waals surface area contributed by atoms with Crippen LogP contribution in [0.4, 0.5) is 5.13 Å². The molecule has 0 fully saturated rings. The molecule has 0 bridgehead atoms. The second-order valence-corrected chi connectivity index (χ2v) is 6.31. The molecule has 0 spiro atoms. The highest BCUT2D eigenvalue weighted by Crippen LogP contribution is 2.33. The lowest BCUT2D eigenvalue weighted by Crippen LogP contribution is -2.11. The summed E-state index contributed by atoms with van der Waals surface area (Å²) < 4.78 is 5.88. The number of amides is 1. The zero-order valence-electron chi connectivity index (χ0n) is 11.4. The number of anilines is 1. The summed E-state index contributed by atoms with van der Waals surface area (Å²) in [5, 5.41) is 4.23. The fraction of sp³-hybridized carbons (Fsp3) is 0.0667. The van der Waals surface area contributed by atoms with Gasteiger partial charge in [0.1, 0.15) is 11.3 Å². The predicted molar refractivity (Wildman–Crippen MR) is 90.6 cm³/mol. The third-order valence-electron chi connectivity index (χ3n) is 2.99. The van der Waals surface area contributed by atoms with Crippen molar-refractivity contribution in [2.45, 2.75) is 0 Å². The first-order valence-corrected chi connectivity index (χ1v) is 7.85. The molecule has 0 saturated heterocycles. The van der Waals surface area contributed by atoms with Crippen molar-refractivity contribution in [1.29, 1.82) is 0 Å². The Morgan fingerprint density at radius 1 is 1.23 bits per heavy atom. The Morgan fingerprint density at radius 2 is 1.95 bits per heavy atom. The minimum Gasteiger partial charge on any atom is -0.497 e. The summed E-state index contributed by atoms with van der Waals surface area (Å²) in [5.41, 5.74) is 1.14. The van der Waals surface area contributed by atoms with Crippen LogP contribution in [-0.4, -0.2) is 18.0 Å². The van der Waals surface area contributed by atoms with E-state index in [-0.39, 0.29) is 5.91 Å². The molecule has 3 rings (SSSR count). The van der Waals surface area contributed by atoms with Crippen LogP contribution in [0.5, 0.6) is 5.75 Å². The van der Waals surface area contributed by atoms with Gasteiger partial charge in [-0.3, -0.25) is 10.1 Å². The van der Waals surface area contributed by atoms with Gasteiger partial charge in [0.2, 0.25) is 0 Å². The Labute approximate surface area is 140 Å². The predicted octanol–water partition coefficient (Wildman–Crippen LogP) is 4.86. The van der Waals surface area contributed by atoms with Gasteiger partial charge in [0.05, 0.1) is 16.8 Å². The first-order chi connectivity index (χ1) is 10.6. The first kappa shape index (κ1) is 15.1. The number of halogens is 2. The van der Waals surface area contributed by atoms with Crippen molar-refractivity contribution in [3.05, 3.63) is 52.0 Å². The standard InChI is InChI=1S/C15H10Cl2N2O2S/c1-21-10-4-2-8(3-5-10)14(20)19-15-18-13-11(17)6-9(16)7-12(13)22-15/h2-7H,1H3,(H,18,19,20). The molecule has 0 aliphatic rings. The lowest BCUT2D eigenvalue weighted by molar-refractivity contribution is 0.102. The first-order valence-electron chi connectivity index (χ1n) is 6.28. The van der Waals surface area contributed by atoms with Crippen molar-refractivity contribution >= 4 is 55.8 Å². The maximum Gasteiger partial charge on any atom is 0.257 e. The molecule has 0 aliphatic carbocycles. The zero-order chi connectivity index (χ0) is 15.7. The summed E-state index contributed by atoms with van der Waals surface area (Å²) >= 11 is 13.4. The lowest BCUT2D eigenvalue weighted by atomic mass is 10.2. The number of nitrogens with one attached hydrogen (secondary N) is 1. The van der Waals surface area contributed by atoms with E-state index in [1.807, 2.05) is 0 Å². The second kappa shape index (κ2) is 6.12. The SMILES string of the molecule is COc1ccc(C(=O)Nc2nc3c(Cl)cc(Cl)cc3s2)cc1. The van der Waals surface area contributed by atoms with Crippen LogP contribution in [0.3, 0.4) is 0 Å². The minimum atomic E-state index is -0.246. The van der Waals surface area contributed by atoms with Crippen molar-refractivity contribution in [2.75, 3.05) is 12.4 Å². The Morgan fingerprint density at radius 3 is 2.64 bits per heavy atom. The van der Waals surface area contributed by atoms with E-state index in [9.17, 15) is 4.79 Å². The highest BCUT2D eigenvalue weighted by Gasteiger charge is 2.12. The van der Waals surface area contributed by atoms with Crippen molar-refractivity contribution in [3.63, 3.8) is 0 Å². The van der Waals surface area contributed by atoms with Gasteiger partial charge in [-0.2, -0.15) is 0 Å². The third-order valence-corrected chi connectivity index (χ3v) is 4.41. The van der Waals surface area contributed by atoms with Crippen LogP contribution in [0.2, 0.25) is 10.0 Å². The van der Waals surface area contributed by atoms with Gasteiger partial charge in [0, 0.05) is 10.6 Å². The number of hydrogen-bond donors (Lipinski definition) is 1. The Balaban J connectivity index is 1.85. The monoisotopic (exact) mass is 352 g/mol. The van der Waals surface area contributed by atoms with Gasteiger partial charge in [0.15, 0.2) is 5.13 Å². The molecule has 112 valence electrons. The number of carbonyl (C=O) groups excluding carboxylic acids is 1. The molecular formula is C15H10Cl2N2O2S. The molecule has 0 radical (unpaired) electrons. The quantitative estimate of drug-likeness (QED) is 0.731. The zero-order valence-corrected chi connectivity index (χ0v) is 13.7. The van der Waals surface area contributed by atoms with E-state index in [1.54, 1.807) is 43.5 Å². The number of nitrogens with zero attached hydrogens (tertiary/aromatic N) is 1. The average Bonchev–Trinajstić information content (AvgIpc) is 2.90. The average molecular weight is 353 g/mol. The fourth-order valence-electron chi connectivity index (χ4n) is 1.92. The van der Waals surface area contributed by atoms with Crippen LogP contribution in [0.25, 0.3) is 10.2 Å². The molecule has 0 unspecified atom stereocenters. The fourth-order valence-corrected chi connectivity index (χ4v) is 3.51. The molecule has 4 nitrogen and oxygen atoms in total. The van der Waals surface area contributed by atoms with Gasteiger partial charge in [0.25, 0.3) is 5.91 Å². The van der Waals surface area contributed by atoms with E-state index >= 15 is 0 Å². The third kappa shape index (κ3) is 3.02. The van der Waals surface area contributed by atoms with Gasteiger partial charge in [-0.15, -0.1) is 0 Å².